The highest BCUT2D eigenvalue weighted by molar-refractivity contribution is 5.94. The Kier molecular flexibility index (Phi) is 3.65. The molecule has 1 saturated carbocycles. The Hall–Kier alpha value is -1.84. The number of carbonyl (C=O) groups excluding carboxylic acids is 2. The van der Waals surface area contributed by atoms with Crippen molar-refractivity contribution in [2.24, 2.45) is 0 Å². The van der Waals surface area contributed by atoms with E-state index in [1.807, 2.05) is 12.1 Å². The molecule has 0 spiro atoms. The fourth-order valence-electron chi connectivity index (χ4n) is 1.64. The molecule has 0 saturated heterocycles. The normalized spacial score (nSPS) is 14.1. The molecular weight excluding hydrogens is 228 g/mol. The van der Waals surface area contributed by atoms with Gasteiger partial charge in [0.1, 0.15) is 0 Å². The predicted octanol–water partition coefficient (Wildman–Crippen LogP) is 1.56. The summed E-state index contributed by atoms with van der Waals surface area (Å²) in [6.45, 7) is 2.11. The maximum Gasteiger partial charge on any atom is 0.251 e. The number of hydrogen-bond donors (Lipinski definition) is 1. The summed E-state index contributed by atoms with van der Waals surface area (Å²) in [6, 6.07) is 7.77. The first-order valence-electron chi connectivity index (χ1n) is 6.18. The van der Waals surface area contributed by atoms with Crippen LogP contribution < -0.4 is 5.32 Å². The van der Waals surface area contributed by atoms with E-state index in [2.05, 4.69) is 5.32 Å². The van der Waals surface area contributed by atoms with Crippen molar-refractivity contribution < 1.29 is 9.59 Å². The van der Waals surface area contributed by atoms with Crippen LogP contribution in [0.3, 0.4) is 0 Å². The number of hydrogen-bond acceptors (Lipinski definition) is 2. The second-order valence-corrected chi connectivity index (χ2v) is 4.82. The number of nitrogens with one attached hydrogen (secondary N) is 1. The number of nitrogens with zero attached hydrogens (tertiary/aromatic N) is 1. The van der Waals surface area contributed by atoms with Crippen molar-refractivity contribution in [3.05, 3.63) is 35.4 Å². The van der Waals surface area contributed by atoms with E-state index >= 15 is 0 Å². The molecular formula is C14H18N2O2. The Morgan fingerprint density at radius 1 is 1.28 bits per heavy atom. The van der Waals surface area contributed by atoms with Gasteiger partial charge < -0.3 is 10.2 Å². The van der Waals surface area contributed by atoms with E-state index < -0.39 is 0 Å². The zero-order chi connectivity index (χ0) is 13.1. The lowest BCUT2D eigenvalue weighted by molar-refractivity contribution is -0.128. The van der Waals surface area contributed by atoms with Crippen LogP contribution in [-0.4, -0.2) is 29.8 Å². The summed E-state index contributed by atoms with van der Waals surface area (Å²) in [5.41, 5.74) is 1.70. The SMILES string of the molecule is CC(=O)N(C)Cc1ccc(C(=O)NC2CC2)cc1. The summed E-state index contributed by atoms with van der Waals surface area (Å²) < 4.78 is 0. The van der Waals surface area contributed by atoms with Gasteiger partial charge in [-0.1, -0.05) is 12.1 Å². The highest BCUT2D eigenvalue weighted by Crippen LogP contribution is 2.19. The van der Waals surface area contributed by atoms with Crippen LogP contribution in [0.4, 0.5) is 0 Å². The van der Waals surface area contributed by atoms with Crippen molar-refractivity contribution in [3.63, 3.8) is 0 Å². The van der Waals surface area contributed by atoms with Crippen LogP contribution in [0.2, 0.25) is 0 Å². The Bertz CT molecular complexity index is 449. The van der Waals surface area contributed by atoms with E-state index in [-0.39, 0.29) is 11.8 Å². The third-order valence-corrected chi connectivity index (χ3v) is 3.09. The third kappa shape index (κ3) is 3.32. The minimum absolute atomic E-state index is 0.0102. The van der Waals surface area contributed by atoms with E-state index in [0.29, 0.717) is 18.2 Å². The first-order valence-corrected chi connectivity index (χ1v) is 6.18. The summed E-state index contributed by atoms with van der Waals surface area (Å²) >= 11 is 0. The summed E-state index contributed by atoms with van der Waals surface area (Å²) in [6.07, 6.45) is 2.18. The summed E-state index contributed by atoms with van der Waals surface area (Å²) in [7, 11) is 1.76. The molecule has 2 rings (SSSR count). The Balaban J connectivity index is 1.95. The van der Waals surface area contributed by atoms with Crippen LogP contribution in [0.5, 0.6) is 0 Å². The number of rotatable bonds is 4. The summed E-state index contributed by atoms with van der Waals surface area (Å²) in [5.74, 6) is 0.0227. The molecule has 1 aliphatic carbocycles. The van der Waals surface area contributed by atoms with Crippen LogP contribution in [0.1, 0.15) is 35.7 Å². The van der Waals surface area contributed by atoms with Gasteiger partial charge in [0, 0.05) is 32.1 Å². The fraction of sp³-hybridized carbons (Fsp3) is 0.429. The summed E-state index contributed by atoms with van der Waals surface area (Å²) in [4.78, 5) is 24.5. The maximum absolute atomic E-state index is 11.8. The molecule has 0 radical (unpaired) electrons. The van der Waals surface area contributed by atoms with Crippen LogP contribution in [0, 0.1) is 0 Å². The average Bonchev–Trinajstić information content (AvgIpc) is 3.13. The number of carbonyl (C=O) groups is 2. The molecule has 2 amide bonds. The van der Waals surface area contributed by atoms with Gasteiger partial charge in [-0.2, -0.15) is 0 Å². The second-order valence-electron chi connectivity index (χ2n) is 4.82. The molecule has 0 bridgehead atoms. The average molecular weight is 246 g/mol. The number of benzene rings is 1. The van der Waals surface area contributed by atoms with Gasteiger partial charge in [0.2, 0.25) is 5.91 Å². The van der Waals surface area contributed by atoms with Crippen LogP contribution in [0.25, 0.3) is 0 Å². The first kappa shape index (κ1) is 12.6. The third-order valence-electron chi connectivity index (χ3n) is 3.09. The quantitative estimate of drug-likeness (QED) is 0.876. The standard InChI is InChI=1S/C14H18N2O2/c1-10(17)16(2)9-11-3-5-12(6-4-11)14(18)15-13-7-8-13/h3-6,13H,7-9H2,1-2H3,(H,15,18). The second kappa shape index (κ2) is 5.21. The van der Waals surface area contributed by atoms with Gasteiger partial charge in [-0.3, -0.25) is 9.59 Å². The molecule has 1 aromatic carbocycles. The lowest BCUT2D eigenvalue weighted by Crippen LogP contribution is -2.25. The largest absolute Gasteiger partial charge is 0.349 e. The van der Waals surface area contributed by atoms with Crippen molar-refractivity contribution in [2.45, 2.75) is 32.4 Å². The van der Waals surface area contributed by atoms with Crippen LogP contribution in [0.15, 0.2) is 24.3 Å². The molecule has 1 fully saturated rings. The highest BCUT2D eigenvalue weighted by Gasteiger charge is 2.23. The van der Waals surface area contributed by atoms with Gasteiger partial charge in [-0.15, -0.1) is 0 Å². The molecule has 96 valence electrons. The fourth-order valence-corrected chi connectivity index (χ4v) is 1.64. The molecule has 4 heteroatoms. The smallest absolute Gasteiger partial charge is 0.251 e. The van der Waals surface area contributed by atoms with Crippen molar-refractivity contribution in [1.29, 1.82) is 0 Å². The lowest BCUT2D eigenvalue weighted by atomic mass is 10.1. The molecule has 0 atom stereocenters. The lowest BCUT2D eigenvalue weighted by Gasteiger charge is -2.14. The topological polar surface area (TPSA) is 49.4 Å². The van der Waals surface area contributed by atoms with Gasteiger partial charge in [0.05, 0.1) is 0 Å². The number of amides is 2. The minimum Gasteiger partial charge on any atom is -0.349 e. The molecule has 18 heavy (non-hydrogen) atoms. The first-order chi connectivity index (χ1) is 8.56. The van der Waals surface area contributed by atoms with Gasteiger partial charge in [-0.05, 0) is 30.5 Å². The molecule has 0 aromatic heterocycles. The van der Waals surface area contributed by atoms with E-state index in [0.717, 1.165) is 18.4 Å². The van der Waals surface area contributed by atoms with Crippen molar-refractivity contribution in [3.8, 4) is 0 Å². The predicted molar refractivity (Wildman–Crippen MR) is 69.1 cm³/mol. The van der Waals surface area contributed by atoms with Crippen molar-refractivity contribution >= 4 is 11.8 Å². The maximum atomic E-state index is 11.8. The highest BCUT2D eigenvalue weighted by atomic mass is 16.2. The summed E-state index contributed by atoms with van der Waals surface area (Å²) in [5, 5.41) is 2.95. The van der Waals surface area contributed by atoms with Crippen molar-refractivity contribution in [1.82, 2.24) is 10.2 Å². The molecule has 0 heterocycles. The minimum atomic E-state index is -0.0102. The van der Waals surface area contributed by atoms with Crippen LogP contribution in [-0.2, 0) is 11.3 Å². The molecule has 0 aliphatic heterocycles. The van der Waals surface area contributed by atoms with E-state index in [9.17, 15) is 9.59 Å². The van der Waals surface area contributed by atoms with Crippen LogP contribution >= 0.6 is 0 Å². The Morgan fingerprint density at radius 3 is 2.39 bits per heavy atom. The van der Waals surface area contributed by atoms with Crippen molar-refractivity contribution in [2.75, 3.05) is 7.05 Å². The molecule has 1 aromatic rings. The van der Waals surface area contributed by atoms with Gasteiger partial charge in [-0.25, -0.2) is 0 Å². The zero-order valence-corrected chi connectivity index (χ0v) is 10.8. The van der Waals surface area contributed by atoms with E-state index in [4.69, 9.17) is 0 Å². The molecule has 1 N–H and O–H groups in total. The van der Waals surface area contributed by atoms with Gasteiger partial charge in [0.25, 0.3) is 5.91 Å². The van der Waals surface area contributed by atoms with Gasteiger partial charge in [0.15, 0.2) is 0 Å². The Labute approximate surface area is 107 Å². The van der Waals surface area contributed by atoms with E-state index in [1.165, 1.54) is 6.92 Å². The van der Waals surface area contributed by atoms with Gasteiger partial charge >= 0.3 is 0 Å². The van der Waals surface area contributed by atoms with E-state index in [1.54, 1.807) is 24.1 Å². The molecule has 4 nitrogen and oxygen atoms in total. The Morgan fingerprint density at radius 2 is 1.89 bits per heavy atom. The monoisotopic (exact) mass is 246 g/mol. The zero-order valence-electron chi connectivity index (χ0n) is 10.8. The molecule has 0 unspecified atom stereocenters. The molecule has 1 aliphatic rings.